The highest BCUT2D eigenvalue weighted by Crippen LogP contribution is 2.29. The van der Waals surface area contributed by atoms with E-state index in [-0.39, 0.29) is 5.91 Å². The van der Waals surface area contributed by atoms with Crippen molar-refractivity contribution in [3.8, 4) is 5.69 Å². The minimum Gasteiger partial charge on any atom is -0.311 e. The van der Waals surface area contributed by atoms with Crippen LogP contribution >= 0.6 is 11.3 Å². The summed E-state index contributed by atoms with van der Waals surface area (Å²) in [7, 11) is 0. The number of thiazole rings is 1. The highest BCUT2D eigenvalue weighted by atomic mass is 32.1. The first-order valence-corrected chi connectivity index (χ1v) is 9.83. The van der Waals surface area contributed by atoms with Crippen LogP contribution in [0.25, 0.3) is 5.69 Å². The summed E-state index contributed by atoms with van der Waals surface area (Å²) in [6.45, 7) is 2.70. The molecule has 0 saturated heterocycles. The molecule has 3 rings (SSSR count). The third-order valence-corrected chi connectivity index (χ3v) is 5.14. The average Bonchev–Trinajstić information content (AvgIpc) is 3.07. The summed E-state index contributed by atoms with van der Waals surface area (Å²) < 4.78 is 40.0. The van der Waals surface area contributed by atoms with Crippen molar-refractivity contribution in [1.82, 2.24) is 9.88 Å². The maximum atomic E-state index is 12.8. The molecule has 4 nitrogen and oxygen atoms in total. The van der Waals surface area contributed by atoms with Crippen molar-refractivity contribution >= 4 is 17.2 Å². The van der Waals surface area contributed by atoms with Crippen molar-refractivity contribution in [2.75, 3.05) is 6.54 Å². The van der Waals surface area contributed by atoms with Gasteiger partial charge in [0.25, 0.3) is 0 Å². The average molecular weight is 419 g/mol. The highest BCUT2D eigenvalue weighted by molar-refractivity contribution is 7.09. The van der Waals surface area contributed by atoms with E-state index in [0.29, 0.717) is 17.0 Å². The summed E-state index contributed by atoms with van der Waals surface area (Å²) in [6.07, 6.45) is -1.71. The number of aromatic nitrogens is 1. The van der Waals surface area contributed by atoms with E-state index in [0.717, 1.165) is 30.0 Å². The molecule has 2 aromatic carbocycles. The molecule has 1 amide bonds. The Labute approximate surface area is 170 Å². The van der Waals surface area contributed by atoms with Gasteiger partial charge in [-0.1, -0.05) is 41.7 Å². The van der Waals surface area contributed by atoms with Crippen molar-refractivity contribution < 1.29 is 18.0 Å². The molecule has 0 aliphatic heterocycles. The summed E-state index contributed by atoms with van der Waals surface area (Å²) in [6, 6.07) is 14.9. The number of rotatable bonds is 6. The molecule has 3 aromatic rings. The molecule has 0 aliphatic carbocycles. The third kappa shape index (κ3) is 5.88. The number of hydrogen-bond donors (Lipinski definition) is 1. The molecule has 0 radical (unpaired) electrons. The molecule has 0 spiro atoms. The molecule has 0 unspecified atom stereocenters. The van der Waals surface area contributed by atoms with E-state index in [1.54, 1.807) is 10.8 Å². The number of carbonyl (C=O) groups is 1. The molecule has 8 heteroatoms. The largest absolute Gasteiger partial charge is 0.416 e. The summed E-state index contributed by atoms with van der Waals surface area (Å²) in [5.74, 6) is -0.365. The zero-order valence-electron chi connectivity index (χ0n) is 15.7. The lowest BCUT2D eigenvalue weighted by Crippen LogP contribution is -2.16. The predicted molar refractivity (Wildman–Crippen MR) is 107 cm³/mol. The zero-order valence-corrected chi connectivity index (χ0v) is 16.6. The van der Waals surface area contributed by atoms with Gasteiger partial charge >= 0.3 is 6.18 Å². The van der Waals surface area contributed by atoms with Crippen LogP contribution in [0, 0.1) is 0 Å². The Balaban J connectivity index is 1.75. The SMILES string of the molecule is CC(=O)N=c1sc(CNCCc2ccccc2)cn1-c1ccc(C(F)(F)F)cc1. The fourth-order valence-electron chi connectivity index (χ4n) is 2.77. The van der Waals surface area contributed by atoms with Crippen LogP contribution in [0.2, 0.25) is 0 Å². The lowest BCUT2D eigenvalue weighted by atomic mass is 10.1. The van der Waals surface area contributed by atoms with Crippen molar-refractivity contribution in [3.63, 3.8) is 0 Å². The number of nitrogens with one attached hydrogen (secondary N) is 1. The van der Waals surface area contributed by atoms with Crippen LogP contribution in [0.4, 0.5) is 13.2 Å². The third-order valence-electron chi connectivity index (χ3n) is 4.16. The standard InChI is InChI=1S/C21H20F3N3OS/c1-15(28)26-20-27(18-9-7-17(8-10-18)21(22,23)24)14-19(29-20)13-25-12-11-16-5-3-2-4-6-16/h2-10,14,25H,11-13H2,1H3. The molecular formula is C21H20F3N3OS. The second-order valence-corrected chi connectivity index (χ2v) is 7.53. The van der Waals surface area contributed by atoms with Crippen LogP contribution in [0.1, 0.15) is 22.9 Å². The fraction of sp³-hybridized carbons (Fsp3) is 0.238. The molecule has 0 aliphatic rings. The smallest absolute Gasteiger partial charge is 0.311 e. The van der Waals surface area contributed by atoms with Crippen LogP contribution in [-0.4, -0.2) is 17.0 Å². The van der Waals surface area contributed by atoms with Gasteiger partial charge in [-0.25, -0.2) is 0 Å². The van der Waals surface area contributed by atoms with Gasteiger partial charge in [0.1, 0.15) is 0 Å². The Bertz CT molecular complexity index is 1020. The van der Waals surface area contributed by atoms with E-state index in [4.69, 9.17) is 0 Å². The molecule has 0 saturated carbocycles. The molecule has 0 fully saturated rings. The molecule has 1 N–H and O–H groups in total. The summed E-state index contributed by atoms with van der Waals surface area (Å²) >= 11 is 1.33. The molecule has 0 atom stereocenters. The van der Waals surface area contributed by atoms with Crippen LogP contribution in [0.3, 0.4) is 0 Å². The molecule has 0 bridgehead atoms. The monoisotopic (exact) mass is 419 g/mol. The van der Waals surface area contributed by atoms with Crippen LogP contribution in [0.5, 0.6) is 0 Å². The number of halogens is 3. The quantitative estimate of drug-likeness (QED) is 0.605. The molecule has 1 heterocycles. The fourth-order valence-corrected chi connectivity index (χ4v) is 3.77. The summed E-state index contributed by atoms with van der Waals surface area (Å²) in [5, 5.41) is 3.35. The van der Waals surface area contributed by atoms with Crippen molar-refractivity contribution in [3.05, 3.63) is 81.6 Å². The summed E-state index contributed by atoms with van der Waals surface area (Å²) in [4.78, 5) is 16.8. The molecule has 29 heavy (non-hydrogen) atoms. The van der Waals surface area contributed by atoms with Crippen LogP contribution in [0.15, 0.2) is 65.8 Å². The van der Waals surface area contributed by atoms with Gasteiger partial charge in [0.05, 0.1) is 5.56 Å². The van der Waals surface area contributed by atoms with Gasteiger partial charge in [-0.3, -0.25) is 9.36 Å². The Morgan fingerprint density at radius 3 is 2.41 bits per heavy atom. The van der Waals surface area contributed by atoms with Crippen molar-refractivity contribution in [1.29, 1.82) is 0 Å². The topological polar surface area (TPSA) is 46.4 Å². The Morgan fingerprint density at radius 1 is 1.10 bits per heavy atom. The maximum Gasteiger partial charge on any atom is 0.416 e. The normalized spacial score (nSPS) is 12.3. The maximum absolute atomic E-state index is 12.8. The van der Waals surface area contributed by atoms with Gasteiger partial charge in [0, 0.05) is 30.2 Å². The first kappa shape index (κ1) is 21.0. The van der Waals surface area contributed by atoms with E-state index >= 15 is 0 Å². The number of hydrogen-bond acceptors (Lipinski definition) is 3. The summed E-state index contributed by atoms with van der Waals surface area (Å²) in [5.41, 5.74) is 1.04. The van der Waals surface area contributed by atoms with Crippen molar-refractivity contribution in [2.24, 2.45) is 4.99 Å². The first-order valence-electron chi connectivity index (χ1n) is 9.02. The molecule has 152 valence electrons. The van der Waals surface area contributed by atoms with E-state index in [1.165, 1.54) is 36.0 Å². The van der Waals surface area contributed by atoms with E-state index < -0.39 is 11.7 Å². The number of carbonyl (C=O) groups excluding carboxylic acids is 1. The predicted octanol–water partition coefficient (Wildman–Crippen LogP) is 4.34. The Morgan fingerprint density at radius 2 is 1.79 bits per heavy atom. The van der Waals surface area contributed by atoms with Crippen LogP contribution < -0.4 is 10.1 Å². The molecule has 1 aromatic heterocycles. The Kier molecular flexibility index (Phi) is 6.66. The number of alkyl halides is 3. The van der Waals surface area contributed by atoms with Gasteiger partial charge in [-0.2, -0.15) is 18.2 Å². The molecular weight excluding hydrogens is 399 g/mol. The lowest BCUT2D eigenvalue weighted by molar-refractivity contribution is -0.137. The number of amides is 1. The van der Waals surface area contributed by atoms with E-state index in [1.807, 2.05) is 18.2 Å². The van der Waals surface area contributed by atoms with Gasteiger partial charge in [0.15, 0.2) is 4.80 Å². The minimum absolute atomic E-state index is 0.365. The second-order valence-electron chi connectivity index (χ2n) is 6.44. The van der Waals surface area contributed by atoms with Gasteiger partial charge < -0.3 is 5.32 Å². The number of benzene rings is 2. The van der Waals surface area contributed by atoms with Gasteiger partial charge in [-0.05, 0) is 42.8 Å². The first-order chi connectivity index (χ1) is 13.8. The lowest BCUT2D eigenvalue weighted by Gasteiger charge is -2.08. The second kappa shape index (κ2) is 9.19. The van der Waals surface area contributed by atoms with E-state index in [9.17, 15) is 18.0 Å². The Hall–Kier alpha value is -2.71. The minimum atomic E-state index is -4.39. The van der Waals surface area contributed by atoms with Crippen LogP contribution in [-0.2, 0) is 23.9 Å². The number of nitrogens with zero attached hydrogens (tertiary/aromatic N) is 2. The van der Waals surface area contributed by atoms with E-state index in [2.05, 4.69) is 22.4 Å². The van der Waals surface area contributed by atoms with Gasteiger partial charge in [-0.15, -0.1) is 0 Å². The highest BCUT2D eigenvalue weighted by Gasteiger charge is 2.30. The van der Waals surface area contributed by atoms with Gasteiger partial charge in [0.2, 0.25) is 5.91 Å². The van der Waals surface area contributed by atoms with Crippen molar-refractivity contribution in [2.45, 2.75) is 26.1 Å². The zero-order chi connectivity index (χ0) is 20.9.